The van der Waals surface area contributed by atoms with E-state index < -0.39 is 12.6 Å². The van der Waals surface area contributed by atoms with Crippen molar-refractivity contribution < 1.29 is 23.4 Å². The summed E-state index contributed by atoms with van der Waals surface area (Å²) in [5.74, 6) is 0.0306. The number of aliphatic hydroxyl groups is 1. The van der Waals surface area contributed by atoms with Gasteiger partial charge in [-0.25, -0.2) is 4.79 Å². The van der Waals surface area contributed by atoms with Crippen molar-refractivity contribution >= 4 is 6.03 Å². The predicted octanol–water partition coefficient (Wildman–Crippen LogP) is 1.39. The van der Waals surface area contributed by atoms with Crippen LogP contribution in [0.2, 0.25) is 0 Å². The summed E-state index contributed by atoms with van der Waals surface area (Å²) in [5, 5.41) is 13.4. The van der Waals surface area contributed by atoms with E-state index in [1.165, 1.54) is 6.07 Å². The molecule has 1 aromatic rings. The van der Waals surface area contributed by atoms with Crippen LogP contribution in [0.25, 0.3) is 0 Å². The van der Waals surface area contributed by atoms with E-state index in [2.05, 4.69) is 15.4 Å². The van der Waals surface area contributed by atoms with Gasteiger partial charge in [0, 0.05) is 18.7 Å². The van der Waals surface area contributed by atoms with E-state index in [0.29, 0.717) is 5.56 Å². The van der Waals surface area contributed by atoms with Crippen LogP contribution in [0.3, 0.4) is 0 Å². The van der Waals surface area contributed by atoms with Crippen LogP contribution < -0.4 is 15.4 Å². The monoisotopic (exact) mass is 274 g/mol. The van der Waals surface area contributed by atoms with E-state index in [1.54, 1.807) is 12.1 Å². The number of rotatable bonds is 6. The minimum Gasteiger partial charge on any atom is -0.434 e. The first-order valence-electron chi connectivity index (χ1n) is 5.70. The van der Waals surface area contributed by atoms with Crippen LogP contribution in [0.5, 0.6) is 5.75 Å². The first kappa shape index (κ1) is 15.2. The van der Waals surface area contributed by atoms with Crippen molar-refractivity contribution in [1.29, 1.82) is 0 Å². The van der Waals surface area contributed by atoms with E-state index in [0.717, 1.165) is 5.56 Å². The van der Waals surface area contributed by atoms with Gasteiger partial charge < -0.3 is 20.5 Å². The van der Waals surface area contributed by atoms with E-state index in [9.17, 15) is 13.6 Å². The van der Waals surface area contributed by atoms with Gasteiger partial charge in [0.2, 0.25) is 0 Å². The maximum absolute atomic E-state index is 12.2. The normalized spacial score (nSPS) is 10.4. The van der Waals surface area contributed by atoms with Crippen LogP contribution in [0.15, 0.2) is 18.2 Å². The number of carbonyl (C=O) groups is 1. The summed E-state index contributed by atoms with van der Waals surface area (Å²) in [4.78, 5) is 11.3. The van der Waals surface area contributed by atoms with Crippen LogP contribution in [0.1, 0.15) is 11.1 Å². The molecule has 0 spiro atoms. The molecule has 19 heavy (non-hydrogen) atoms. The Morgan fingerprint density at radius 1 is 1.42 bits per heavy atom. The summed E-state index contributed by atoms with van der Waals surface area (Å²) in [6.07, 6.45) is 0. The molecule has 0 saturated heterocycles. The third-order valence-corrected chi connectivity index (χ3v) is 2.27. The van der Waals surface area contributed by atoms with E-state index in [1.807, 2.05) is 6.92 Å². The fourth-order valence-electron chi connectivity index (χ4n) is 1.46. The second-order valence-corrected chi connectivity index (χ2v) is 3.82. The molecule has 0 aliphatic heterocycles. The number of nitrogens with one attached hydrogen (secondary N) is 2. The topological polar surface area (TPSA) is 70.6 Å². The SMILES string of the molecule is Cc1ccc(OC(F)F)c(CNC(=O)NCCO)c1. The number of urea groups is 1. The first-order valence-corrected chi connectivity index (χ1v) is 5.70. The van der Waals surface area contributed by atoms with E-state index in [4.69, 9.17) is 5.11 Å². The highest BCUT2D eigenvalue weighted by Crippen LogP contribution is 2.21. The Kier molecular flexibility index (Phi) is 6.01. The summed E-state index contributed by atoms with van der Waals surface area (Å²) < 4.78 is 28.8. The lowest BCUT2D eigenvalue weighted by atomic mass is 10.1. The van der Waals surface area contributed by atoms with Gasteiger partial charge in [-0.3, -0.25) is 0 Å². The van der Waals surface area contributed by atoms with Crippen molar-refractivity contribution in [2.45, 2.75) is 20.1 Å². The summed E-state index contributed by atoms with van der Waals surface area (Å²) in [5.41, 5.74) is 1.33. The number of benzene rings is 1. The number of aliphatic hydroxyl groups excluding tert-OH is 1. The zero-order valence-electron chi connectivity index (χ0n) is 10.5. The first-order chi connectivity index (χ1) is 9.02. The number of halogens is 2. The average molecular weight is 274 g/mol. The van der Waals surface area contributed by atoms with Crippen LogP contribution >= 0.6 is 0 Å². The number of alkyl halides is 2. The van der Waals surface area contributed by atoms with E-state index in [-0.39, 0.29) is 25.4 Å². The van der Waals surface area contributed by atoms with Gasteiger partial charge in [-0.15, -0.1) is 0 Å². The van der Waals surface area contributed by atoms with Gasteiger partial charge in [0.05, 0.1) is 6.61 Å². The number of amides is 2. The third-order valence-electron chi connectivity index (χ3n) is 2.27. The zero-order valence-corrected chi connectivity index (χ0v) is 10.5. The minimum absolute atomic E-state index is 0.0306. The van der Waals surface area contributed by atoms with Crippen molar-refractivity contribution in [3.8, 4) is 5.75 Å². The van der Waals surface area contributed by atoms with Crippen LogP contribution in [0, 0.1) is 6.92 Å². The molecule has 7 heteroatoms. The van der Waals surface area contributed by atoms with Gasteiger partial charge in [-0.2, -0.15) is 8.78 Å². The average Bonchev–Trinajstić information content (AvgIpc) is 2.36. The zero-order chi connectivity index (χ0) is 14.3. The molecule has 1 rings (SSSR count). The third kappa shape index (κ3) is 5.52. The Balaban J connectivity index is 2.65. The smallest absolute Gasteiger partial charge is 0.387 e. The molecule has 0 fully saturated rings. The largest absolute Gasteiger partial charge is 0.434 e. The lowest BCUT2D eigenvalue weighted by Crippen LogP contribution is -2.36. The molecule has 5 nitrogen and oxygen atoms in total. The Morgan fingerprint density at radius 3 is 2.79 bits per heavy atom. The second kappa shape index (κ2) is 7.52. The molecule has 0 bridgehead atoms. The van der Waals surface area contributed by atoms with Gasteiger partial charge in [0.15, 0.2) is 0 Å². The number of carbonyl (C=O) groups excluding carboxylic acids is 1. The molecule has 0 atom stereocenters. The van der Waals surface area contributed by atoms with Gasteiger partial charge in [0.25, 0.3) is 0 Å². The van der Waals surface area contributed by atoms with Crippen molar-refractivity contribution in [3.05, 3.63) is 29.3 Å². The van der Waals surface area contributed by atoms with Gasteiger partial charge in [-0.1, -0.05) is 17.7 Å². The molecular formula is C12H16F2N2O3. The predicted molar refractivity (Wildman–Crippen MR) is 65.1 cm³/mol. The molecule has 0 saturated carbocycles. The van der Waals surface area contributed by atoms with Crippen LogP contribution in [-0.4, -0.2) is 30.9 Å². The highest BCUT2D eigenvalue weighted by Gasteiger charge is 2.10. The number of hydrogen-bond donors (Lipinski definition) is 3. The van der Waals surface area contributed by atoms with Crippen molar-refractivity contribution in [2.24, 2.45) is 0 Å². The molecule has 0 aliphatic rings. The summed E-state index contributed by atoms with van der Waals surface area (Å²) in [7, 11) is 0. The Labute approximate surface area is 109 Å². The molecule has 0 heterocycles. The highest BCUT2D eigenvalue weighted by atomic mass is 19.3. The Morgan fingerprint density at radius 2 is 2.16 bits per heavy atom. The van der Waals surface area contributed by atoms with Gasteiger partial charge in [-0.05, 0) is 13.0 Å². The molecule has 0 unspecified atom stereocenters. The lowest BCUT2D eigenvalue weighted by molar-refractivity contribution is -0.0504. The number of hydrogen-bond acceptors (Lipinski definition) is 3. The maximum atomic E-state index is 12.2. The Bertz CT molecular complexity index is 427. The van der Waals surface area contributed by atoms with Crippen molar-refractivity contribution in [2.75, 3.05) is 13.2 Å². The molecule has 0 aromatic heterocycles. The van der Waals surface area contributed by atoms with Gasteiger partial charge >= 0.3 is 12.6 Å². The van der Waals surface area contributed by atoms with Crippen LogP contribution in [0.4, 0.5) is 13.6 Å². The standard InChI is InChI=1S/C12H16F2N2O3/c1-8-2-3-10(19-11(13)14)9(6-8)7-16-12(18)15-4-5-17/h2-3,6,11,17H,4-5,7H2,1H3,(H2,15,16,18). The summed E-state index contributed by atoms with van der Waals surface area (Å²) in [6, 6.07) is 4.25. The molecule has 0 radical (unpaired) electrons. The highest BCUT2D eigenvalue weighted by molar-refractivity contribution is 5.73. The molecule has 3 N–H and O–H groups in total. The molecule has 2 amide bonds. The summed E-state index contributed by atoms with van der Waals surface area (Å²) >= 11 is 0. The second-order valence-electron chi connectivity index (χ2n) is 3.82. The number of ether oxygens (including phenoxy) is 1. The summed E-state index contributed by atoms with van der Waals surface area (Å²) in [6.45, 7) is -1.09. The molecule has 1 aromatic carbocycles. The Hall–Kier alpha value is -1.89. The fraction of sp³-hybridized carbons (Fsp3) is 0.417. The van der Waals surface area contributed by atoms with Crippen LogP contribution in [-0.2, 0) is 6.54 Å². The number of aryl methyl sites for hydroxylation is 1. The van der Waals surface area contributed by atoms with Gasteiger partial charge in [0.1, 0.15) is 5.75 Å². The fourth-order valence-corrected chi connectivity index (χ4v) is 1.46. The minimum atomic E-state index is -2.91. The maximum Gasteiger partial charge on any atom is 0.387 e. The quantitative estimate of drug-likeness (QED) is 0.734. The molecule has 0 aliphatic carbocycles. The van der Waals surface area contributed by atoms with E-state index >= 15 is 0 Å². The lowest BCUT2D eigenvalue weighted by Gasteiger charge is -2.12. The van der Waals surface area contributed by atoms with Crippen molar-refractivity contribution in [3.63, 3.8) is 0 Å². The van der Waals surface area contributed by atoms with Crippen molar-refractivity contribution in [1.82, 2.24) is 10.6 Å². The molecule has 106 valence electrons. The molecular weight excluding hydrogens is 258 g/mol.